The van der Waals surface area contributed by atoms with Gasteiger partial charge < -0.3 is 9.47 Å². The Balaban J connectivity index is 1.43. The van der Waals surface area contributed by atoms with Crippen LogP contribution in [-0.2, 0) is 11.3 Å². The molecule has 4 rings (SSSR count). The van der Waals surface area contributed by atoms with Gasteiger partial charge in [0.2, 0.25) is 5.91 Å². The Hall–Kier alpha value is -1.82. The van der Waals surface area contributed by atoms with Crippen LogP contribution in [0.2, 0.25) is 0 Å². The number of hydrogen-bond acceptors (Lipinski definition) is 4. The molecule has 1 aromatic heterocycles. The van der Waals surface area contributed by atoms with E-state index in [1.54, 1.807) is 16.7 Å². The van der Waals surface area contributed by atoms with Crippen LogP contribution < -0.4 is 0 Å². The number of nitrogens with zero attached hydrogens (tertiary/aromatic N) is 4. The Labute approximate surface area is 152 Å². The minimum atomic E-state index is -0.164. The number of aromatic nitrogens is 3. The van der Waals surface area contributed by atoms with Crippen LogP contribution in [0.5, 0.6) is 0 Å². The molecule has 25 heavy (non-hydrogen) atoms. The summed E-state index contributed by atoms with van der Waals surface area (Å²) in [5.74, 6) is 1.86. The lowest BCUT2D eigenvalue weighted by atomic mass is 10.2. The third-order valence-corrected chi connectivity index (χ3v) is 5.86. The smallest absolute Gasteiger partial charge is 0.235 e. The largest absolute Gasteiger partial charge is 0.340 e. The fraction of sp³-hybridized carbons (Fsp3) is 0.526. The third kappa shape index (κ3) is 3.73. The van der Waals surface area contributed by atoms with Crippen molar-refractivity contribution in [3.63, 3.8) is 0 Å². The van der Waals surface area contributed by atoms with Gasteiger partial charge in [0.25, 0.3) is 0 Å². The highest BCUT2D eigenvalue weighted by Gasteiger charge is 2.37. The molecule has 2 aromatic rings. The van der Waals surface area contributed by atoms with E-state index in [-0.39, 0.29) is 11.2 Å². The van der Waals surface area contributed by atoms with Crippen LogP contribution in [0, 0.1) is 0 Å². The summed E-state index contributed by atoms with van der Waals surface area (Å²) in [4.78, 5) is 14.5. The summed E-state index contributed by atoms with van der Waals surface area (Å²) in [7, 11) is 1.87. The lowest BCUT2D eigenvalue weighted by Crippen LogP contribution is -2.33. The van der Waals surface area contributed by atoms with E-state index in [4.69, 9.17) is 0 Å². The summed E-state index contributed by atoms with van der Waals surface area (Å²) in [6.45, 7) is 2.60. The van der Waals surface area contributed by atoms with Crippen molar-refractivity contribution in [2.24, 2.45) is 0 Å². The number of hydrogen-bond donors (Lipinski definition) is 0. The van der Waals surface area contributed by atoms with Crippen LogP contribution in [0.1, 0.15) is 56.0 Å². The maximum absolute atomic E-state index is 12.7. The minimum absolute atomic E-state index is 0.132. The van der Waals surface area contributed by atoms with Gasteiger partial charge in [0.1, 0.15) is 5.82 Å². The standard InChI is InChI=1S/C19H24N4OS/c1-13(18(24)22(2)12-14-6-4-3-5-7-14)25-19-21-20-17(15-8-9-15)23(19)16-10-11-16/h3-7,13,15-16H,8-12H2,1-2H3. The first-order valence-corrected chi connectivity index (χ1v) is 9.92. The highest BCUT2D eigenvalue weighted by molar-refractivity contribution is 8.00. The van der Waals surface area contributed by atoms with Crippen molar-refractivity contribution in [3.05, 3.63) is 41.7 Å². The topological polar surface area (TPSA) is 51.0 Å². The number of rotatable bonds is 7. The van der Waals surface area contributed by atoms with E-state index in [9.17, 15) is 4.79 Å². The molecular weight excluding hydrogens is 332 g/mol. The Morgan fingerprint density at radius 1 is 1.24 bits per heavy atom. The SMILES string of the molecule is CC(Sc1nnc(C2CC2)n1C1CC1)C(=O)N(C)Cc1ccccc1. The van der Waals surface area contributed by atoms with E-state index in [0.717, 1.165) is 16.5 Å². The van der Waals surface area contributed by atoms with Gasteiger partial charge >= 0.3 is 0 Å². The van der Waals surface area contributed by atoms with Gasteiger partial charge in [0.15, 0.2) is 5.16 Å². The molecule has 5 nitrogen and oxygen atoms in total. The Morgan fingerprint density at radius 3 is 2.60 bits per heavy atom. The highest BCUT2D eigenvalue weighted by atomic mass is 32.2. The molecule has 1 atom stereocenters. The maximum atomic E-state index is 12.7. The van der Waals surface area contributed by atoms with E-state index in [0.29, 0.717) is 18.5 Å². The first kappa shape index (κ1) is 16.6. The van der Waals surface area contributed by atoms with Gasteiger partial charge in [-0.25, -0.2) is 0 Å². The molecule has 2 aliphatic rings. The quantitative estimate of drug-likeness (QED) is 0.711. The van der Waals surface area contributed by atoms with Crippen LogP contribution in [0.25, 0.3) is 0 Å². The summed E-state index contributed by atoms with van der Waals surface area (Å²) in [5, 5.41) is 9.59. The number of carbonyl (C=O) groups excluding carboxylic acids is 1. The molecule has 0 N–H and O–H groups in total. The number of amides is 1. The first-order chi connectivity index (χ1) is 12.1. The molecule has 0 saturated heterocycles. The van der Waals surface area contributed by atoms with E-state index in [2.05, 4.69) is 14.8 Å². The lowest BCUT2D eigenvalue weighted by molar-refractivity contribution is -0.129. The molecule has 1 unspecified atom stereocenters. The molecule has 1 aromatic carbocycles. The van der Waals surface area contributed by atoms with Gasteiger partial charge in [-0.05, 0) is 38.2 Å². The zero-order valence-electron chi connectivity index (χ0n) is 14.8. The zero-order valence-corrected chi connectivity index (χ0v) is 15.6. The minimum Gasteiger partial charge on any atom is -0.340 e. The molecule has 1 heterocycles. The van der Waals surface area contributed by atoms with Crippen LogP contribution in [0.15, 0.2) is 35.5 Å². The van der Waals surface area contributed by atoms with Crippen molar-refractivity contribution >= 4 is 17.7 Å². The first-order valence-electron chi connectivity index (χ1n) is 9.04. The van der Waals surface area contributed by atoms with Gasteiger partial charge in [0.05, 0.1) is 5.25 Å². The van der Waals surface area contributed by atoms with E-state index in [1.807, 2.05) is 44.3 Å². The second kappa shape index (κ2) is 6.83. The summed E-state index contributed by atoms with van der Waals surface area (Å²) in [6.07, 6.45) is 4.87. The monoisotopic (exact) mass is 356 g/mol. The van der Waals surface area contributed by atoms with Gasteiger partial charge in [-0.1, -0.05) is 42.1 Å². The molecular formula is C19H24N4OS. The van der Waals surface area contributed by atoms with E-state index >= 15 is 0 Å². The molecule has 2 aliphatic carbocycles. The number of benzene rings is 1. The fourth-order valence-corrected chi connectivity index (χ4v) is 4.16. The van der Waals surface area contributed by atoms with Crippen molar-refractivity contribution in [3.8, 4) is 0 Å². The highest BCUT2D eigenvalue weighted by Crippen LogP contribution is 2.46. The predicted molar refractivity (Wildman–Crippen MR) is 98.5 cm³/mol. The molecule has 1 amide bonds. The fourth-order valence-electron chi connectivity index (χ4n) is 3.12. The lowest BCUT2D eigenvalue weighted by Gasteiger charge is -2.21. The number of thioether (sulfide) groups is 1. The van der Waals surface area contributed by atoms with Gasteiger partial charge in [0, 0.05) is 25.6 Å². The second-order valence-corrected chi connectivity index (χ2v) is 8.46. The van der Waals surface area contributed by atoms with Crippen molar-refractivity contribution in [2.45, 2.75) is 61.5 Å². The summed E-state index contributed by atoms with van der Waals surface area (Å²) < 4.78 is 2.31. The van der Waals surface area contributed by atoms with Crippen LogP contribution in [-0.4, -0.2) is 37.9 Å². The van der Waals surface area contributed by atoms with E-state index < -0.39 is 0 Å². The van der Waals surface area contributed by atoms with Gasteiger partial charge in [-0.3, -0.25) is 4.79 Å². The van der Waals surface area contributed by atoms with Crippen molar-refractivity contribution in [2.75, 3.05) is 7.05 Å². The zero-order chi connectivity index (χ0) is 17.4. The van der Waals surface area contributed by atoms with Crippen molar-refractivity contribution < 1.29 is 4.79 Å². The molecule has 2 saturated carbocycles. The third-order valence-electron chi connectivity index (χ3n) is 4.81. The maximum Gasteiger partial charge on any atom is 0.235 e. The van der Waals surface area contributed by atoms with Crippen molar-refractivity contribution in [1.82, 2.24) is 19.7 Å². The molecule has 2 fully saturated rings. The van der Waals surface area contributed by atoms with Crippen molar-refractivity contribution in [1.29, 1.82) is 0 Å². The molecule has 132 valence electrons. The summed E-state index contributed by atoms with van der Waals surface area (Å²) >= 11 is 1.55. The molecule has 0 aliphatic heterocycles. The van der Waals surface area contributed by atoms with Gasteiger partial charge in [-0.15, -0.1) is 10.2 Å². The van der Waals surface area contributed by atoms with Crippen LogP contribution >= 0.6 is 11.8 Å². The Kier molecular flexibility index (Phi) is 4.54. The summed E-state index contributed by atoms with van der Waals surface area (Å²) in [5.41, 5.74) is 1.15. The van der Waals surface area contributed by atoms with Gasteiger partial charge in [-0.2, -0.15) is 0 Å². The average Bonchev–Trinajstić information content (AvgIpc) is 3.54. The Bertz CT molecular complexity index is 752. The average molecular weight is 356 g/mol. The normalized spacial score (nSPS) is 18.2. The van der Waals surface area contributed by atoms with Crippen LogP contribution in [0.3, 0.4) is 0 Å². The molecule has 0 radical (unpaired) electrons. The molecule has 0 spiro atoms. The van der Waals surface area contributed by atoms with Crippen LogP contribution in [0.4, 0.5) is 0 Å². The predicted octanol–water partition coefficient (Wildman–Crippen LogP) is 3.63. The number of carbonyl (C=O) groups is 1. The summed E-state index contributed by atoms with van der Waals surface area (Å²) in [6, 6.07) is 10.6. The Morgan fingerprint density at radius 2 is 1.96 bits per heavy atom. The van der Waals surface area contributed by atoms with E-state index in [1.165, 1.54) is 25.7 Å². The molecule has 0 bridgehead atoms. The second-order valence-electron chi connectivity index (χ2n) is 7.16. The molecule has 6 heteroatoms.